The average molecular weight is 396 g/mol. The van der Waals surface area contributed by atoms with Crippen LogP contribution in [0, 0.1) is 18.6 Å². The lowest BCUT2D eigenvalue weighted by Gasteiger charge is -2.21. The minimum atomic E-state index is -1.06. The quantitative estimate of drug-likeness (QED) is 0.673. The van der Waals surface area contributed by atoms with Crippen molar-refractivity contribution in [1.82, 2.24) is 4.98 Å². The Kier molecular flexibility index (Phi) is 5.28. The third kappa shape index (κ3) is 3.88. The van der Waals surface area contributed by atoms with Gasteiger partial charge in [0.2, 0.25) is 5.91 Å². The van der Waals surface area contributed by atoms with Crippen molar-refractivity contribution in [2.45, 2.75) is 26.3 Å². The summed E-state index contributed by atoms with van der Waals surface area (Å²) in [5.74, 6) is -2.83. The number of aliphatic carboxylic acids is 1. The number of carboxylic acid groups (broad SMARTS) is 1. The molecule has 0 unspecified atom stereocenters. The molecule has 136 valence electrons. The van der Waals surface area contributed by atoms with Gasteiger partial charge in [0, 0.05) is 23.4 Å². The van der Waals surface area contributed by atoms with Crippen LogP contribution in [0.25, 0.3) is 10.2 Å². The summed E-state index contributed by atoms with van der Waals surface area (Å²) < 4.78 is 27.5. The smallest absolute Gasteiger partial charge is 0.303 e. The van der Waals surface area contributed by atoms with Crippen LogP contribution in [-0.2, 0) is 16.1 Å². The molecule has 3 rings (SSSR count). The summed E-state index contributed by atoms with van der Waals surface area (Å²) in [7, 11) is 0. The van der Waals surface area contributed by atoms with E-state index in [9.17, 15) is 18.4 Å². The van der Waals surface area contributed by atoms with Gasteiger partial charge >= 0.3 is 5.97 Å². The Balaban J connectivity index is 1.93. The highest BCUT2D eigenvalue weighted by atomic mass is 32.1. The van der Waals surface area contributed by atoms with Crippen molar-refractivity contribution in [3.8, 4) is 0 Å². The molecule has 26 heavy (non-hydrogen) atoms. The Morgan fingerprint density at radius 1 is 1.27 bits per heavy atom. The summed E-state index contributed by atoms with van der Waals surface area (Å²) >= 11 is 2.50. The van der Waals surface area contributed by atoms with E-state index >= 15 is 0 Å². The van der Waals surface area contributed by atoms with Crippen LogP contribution in [0.1, 0.15) is 22.7 Å². The first kappa shape index (κ1) is 18.4. The van der Waals surface area contributed by atoms with Crippen LogP contribution in [0.15, 0.2) is 23.6 Å². The van der Waals surface area contributed by atoms with Crippen LogP contribution < -0.4 is 4.90 Å². The summed E-state index contributed by atoms with van der Waals surface area (Å²) in [5, 5.41) is 11.1. The number of halogens is 2. The molecule has 0 aliphatic carbocycles. The van der Waals surface area contributed by atoms with Crippen LogP contribution in [0.3, 0.4) is 0 Å². The molecule has 0 saturated carbocycles. The lowest BCUT2D eigenvalue weighted by atomic mass is 10.2. The van der Waals surface area contributed by atoms with E-state index in [1.165, 1.54) is 16.2 Å². The van der Waals surface area contributed by atoms with Crippen LogP contribution in [0.5, 0.6) is 0 Å². The first-order valence-electron chi connectivity index (χ1n) is 7.66. The summed E-state index contributed by atoms with van der Waals surface area (Å²) in [4.78, 5) is 29.9. The van der Waals surface area contributed by atoms with Gasteiger partial charge in [0.15, 0.2) is 0 Å². The minimum absolute atomic E-state index is 0.0659. The topological polar surface area (TPSA) is 70.5 Å². The number of thiazole rings is 1. The molecule has 2 heterocycles. The van der Waals surface area contributed by atoms with E-state index in [0.717, 1.165) is 28.3 Å². The highest BCUT2D eigenvalue weighted by Gasteiger charge is 2.22. The predicted molar refractivity (Wildman–Crippen MR) is 96.7 cm³/mol. The van der Waals surface area contributed by atoms with Gasteiger partial charge in [-0.1, -0.05) is 0 Å². The van der Waals surface area contributed by atoms with Gasteiger partial charge in [-0.2, -0.15) is 0 Å². The second kappa shape index (κ2) is 7.46. The standard InChI is InChI=1S/C17H14F2N2O3S2/c1-9-13(4-5-25-9)21(15(22)2-3-16(23)24)8-14-20-12-7-10(18)6-11(19)17(12)26-14/h4-7H,2-3,8H2,1H3,(H,23,24). The summed E-state index contributed by atoms with van der Waals surface area (Å²) in [5.41, 5.74) is 0.860. The van der Waals surface area contributed by atoms with E-state index in [-0.39, 0.29) is 35.5 Å². The molecule has 1 aromatic carbocycles. The van der Waals surface area contributed by atoms with Crippen molar-refractivity contribution in [1.29, 1.82) is 0 Å². The van der Waals surface area contributed by atoms with Gasteiger partial charge in [-0.15, -0.1) is 22.7 Å². The molecule has 5 nitrogen and oxygen atoms in total. The van der Waals surface area contributed by atoms with Gasteiger partial charge in [-0.3, -0.25) is 9.59 Å². The van der Waals surface area contributed by atoms with Crippen LogP contribution in [0.2, 0.25) is 0 Å². The van der Waals surface area contributed by atoms with E-state index in [0.29, 0.717) is 10.7 Å². The molecule has 9 heteroatoms. The number of benzene rings is 1. The third-order valence-corrected chi connectivity index (χ3v) is 5.62. The monoisotopic (exact) mass is 396 g/mol. The zero-order chi connectivity index (χ0) is 18.8. The Morgan fingerprint density at radius 2 is 2.04 bits per heavy atom. The number of aromatic nitrogens is 1. The van der Waals surface area contributed by atoms with Crippen molar-refractivity contribution in [2.24, 2.45) is 0 Å². The number of carbonyl (C=O) groups excluding carboxylic acids is 1. The molecular weight excluding hydrogens is 382 g/mol. The maximum absolute atomic E-state index is 13.9. The molecule has 0 atom stereocenters. The number of hydrogen-bond donors (Lipinski definition) is 1. The fraction of sp³-hybridized carbons (Fsp3) is 0.235. The molecular formula is C17H14F2N2O3S2. The number of aryl methyl sites for hydroxylation is 1. The van der Waals surface area contributed by atoms with E-state index in [2.05, 4.69) is 4.98 Å². The fourth-order valence-electron chi connectivity index (χ4n) is 2.52. The van der Waals surface area contributed by atoms with Gasteiger partial charge < -0.3 is 10.0 Å². The van der Waals surface area contributed by atoms with Gasteiger partial charge in [-0.25, -0.2) is 13.8 Å². The van der Waals surface area contributed by atoms with Gasteiger partial charge in [-0.05, 0) is 18.4 Å². The highest BCUT2D eigenvalue weighted by Crippen LogP contribution is 2.31. The Bertz CT molecular complexity index is 984. The van der Waals surface area contributed by atoms with Crippen LogP contribution >= 0.6 is 22.7 Å². The largest absolute Gasteiger partial charge is 0.481 e. The molecule has 0 saturated heterocycles. The average Bonchev–Trinajstić information content (AvgIpc) is 3.16. The second-order valence-electron chi connectivity index (χ2n) is 5.58. The van der Waals surface area contributed by atoms with Crippen LogP contribution in [0.4, 0.5) is 14.5 Å². The summed E-state index contributed by atoms with van der Waals surface area (Å²) in [6.45, 7) is 1.92. The molecule has 0 aliphatic heterocycles. The molecule has 2 aromatic heterocycles. The Morgan fingerprint density at radius 3 is 2.69 bits per heavy atom. The number of amides is 1. The lowest BCUT2D eigenvalue weighted by Crippen LogP contribution is -2.30. The predicted octanol–water partition coefficient (Wildman–Crippen LogP) is 4.34. The van der Waals surface area contributed by atoms with E-state index in [1.807, 2.05) is 12.3 Å². The number of hydrogen-bond acceptors (Lipinski definition) is 5. The van der Waals surface area contributed by atoms with Gasteiger partial charge in [0.05, 0.1) is 28.9 Å². The number of carbonyl (C=O) groups is 2. The number of carboxylic acids is 1. The highest BCUT2D eigenvalue weighted by molar-refractivity contribution is 7.18. The number of thiophene rings is 1. The molecule has 0 fully saturated rings. The SMILES string of the molecule is Cc1sccc1N(Cc1nc2cc(F)cc(F)c2s1)C(=O)CCC(=O)O. The minimum Gasteiger partial charge on any atom is -0.481 e. The van der Waals surface area contributed by atoms with Gasteiger partial charge in [0.25, 0.3) is 0 Å². The number of anilines is 1. The van der Waals surface area contributed by atoms with Crippen molar-refractivity contribution < 1.29 is 23.5 Å². The summed E-state index contributed by atoms with van der Waals surface area (Å²) in [6.07, 6.45) is -0.434. The summed E-state index contributed by atoms with van der Waals surface area (Å²) in [6, 6.07) is 3.71. The molecule has 0 radical (unpaired) electrons. The molecule has 0 spiro atoms. The van der Waals surface area contributed by atoms with Crippen molar-refractivity contribution >= 4 is 50.5 Å². The number of fused-ring (bicyclic) bond motifs is 1. The molecule has 0 aliphatic rings. The normalized spacial score (nSPS) is 11.0. The molecule has 3 aromatic rings. The Hall–Kier alpha value is -2.39. The Labute approximate surface area is 155 Å². The lowest BCUT2D eigenvalue weighted by molar-refractivity contribution is -0.138. The molecule has 0 bridgehead atoms. The second-order valence-corrected chi connectivity index (χ2v) is 7.78. The number of rotatable bonds is 6. The van der Waals surface area contributed by atoms with Crippen molar-refractivity contribution in [3.05, 3.63) is 45.1 Å². The van der Waals surface area contributed by atoms with Gasteiger partial charge in [0.1, 0.15) is 16.6 Å². The van der Waals surface area contributed by atoms with Crippen molar-refractivity contribution in [3.63, 3.8) is 0 Å². The molecule has 1 N–H and O–H groups in total. The van der Waals surface area contributed by atoms with E-state index in [4.69, 9.17) is 5.11 Å². The first-order chi connectivity index (χ1) is 12.3. The number of nitrogens with zero attached hydrogens (tertiary/aromatic N) is 2. The zero-order valence-electron chi connectivity index (χ0n) is 13.7. The van der Waals surface area contributed by atoms with E-state index < -0.39 is 17.6 Å². The fourth-order valence-corrected chi connectivity index (χ4v) is 4.16. The maximum atomic E-state index is 13.9. The maximum Gasteiger partial charge on any atom is 0.303 e. The van der Waals surface area contributed by atoms with Crippen LogP contribution in [-0.4, -0.2) is 22.0 Å². The van der Waals surface area contributed by atoms with E-state index in [1.54, 1.807) is 6.07 Å². The first-order valence-corrected chi connectivity index (χ1v) is 9.35. The third-order valence-electron chi connectivity index (χ3n) is 3.72. The zero-order valence-corrected chi connectivity index (χ0v) is 15.3. The van der Waals surface area contributed by atoms with Crippen molar-refractivity contribution in [2.75, 3.05) is 4.90 Å². The molecule has 1 amide bonds.